The first-order valence-electron chi connectivity index (χ1n) is 10.4. The van der Waals surface area contributed by atoms with Crippen LogP contribution < -0.4 is 15.1 Å². The zero-order valence-electron chi connectivity index (χ0n) is 18.9. The summed E-state index contributed by atoms with van der Waals surface area (Å²) in [4.78, 5) is 0. The van der Waals surface area contributed by atoms with Crippen molar-refractivity contribution in [1.82, 2.24) is 5.32 Å². The van der Waals surface area contributed by atoms with Crippen LogP contribution in [0.25, 0.3) is 21.9 Å². The number of rotatable bonds is 3. The van der Waals surface area contributed by atoms with Gasteiger partial charge in [0.15, 0.2) is 0 Å². The summed E-state index contributed by atoms with van der Waals surface area (Å²) in [6.45, 7) is 15.7. The van der Waals surface area contributed by atoms with E-state index in [4.69, 9.17) is 0 Å². The zero-order chi connectivity index (χ0) is 21.4. The molecule has 2 heteroatoms. The van der Waals surface area contributed by atoms with E-state index in [2.05, 4.69) is 61.3 Å². The molecule has 154 valence electrons. The van der Waals surface area contributed by atoms with Gasteiger partial charge in [-0.15, -0.1) is 11.3 Å². The van der Waals surface area contributed by atoms with Crippen LogP contribution in [0.3, 0.4) is 0 Å². The van der Waals surface area contributed by atoms with Crippen molar-refractivity contribution < 1.29 is 0 Å². The highest BCUT2D eigenvalue weighted by Crippen LogP contribution is 2.16. The lowest BCUT2D eigenvalue weighted by atomic mass is 10.1. The Balaban J connectivity index is 0.000000472. The van der Waals surface area contributed by atoms with Gasteiger partial charge in [0.1, 0.15) is 0 Å². The third-order valence-electron chi connectivity index (χ3n) is 4.20. The predicted octanol–water partition coefficient (Wildman–Crippen LogP) is 6.94. The average Bonchev–Trinajstić information content (AvgIpc) is 3.15. The molecule has 1 aromatic carbocycles. The third-order valence-corrected chi connectivity index (χ3v) is 5.45. The molecule has 3 rings (SSSR count). The van der Waals surface area contributed by atoms with Crippen LogP contribution in [0, 0.1) is 0 Å². The molecule has 0 saturated heterocycles. The fraction of sp³-hybridized carbons (Fsp3) is 0.385. The zero-order valence-corrected chi connectivity index (χ0v) is 19.7. The van der Waals surface area contributed by atoms with E-state index in [0.29, 0.717) is 0 Å². The van der Waals surface area contributed by atoms with Crippen LogP contribution in [-0.4, -0.2) is 7.05 Å². The monoisotopic (exact) mass is 397 g/mol. The van der Waals surface area contributed by atoms with Crippen molar-refractivity contribution in [3.05, 3.63) is 70.5 Å². The molecular weight excluding hydrogens is 358 g/mol. The molecule has 0 radical (unpaired) electrons. The van der Waals surface area contributed by atoms with E-state index in [0.717, 1.165) is 19.3 Å². The molecule has 1 nitrogen and oxygen atoms in total. The fourth-order valence-electron chi connectivity index (χ4n) is 2.56. The van der Waals surface area contributed by atoms with Gasteiger partial charge in [-0.1, -0.05) is 81.5 Å². The summed E-state index contributed by atoms with van der Waals surface area (Å²) in [7, 11) is 2.02. The maximum Gasteiger partial charge on any atom is 0.0541 e. The van der Waals surface area contributed by atoms with Crippen molar-refractivity contribution in [1.29, 1.82) is 0 Å². The Labute approximate surface area is 176 Å². The molecule has 0 fully saturated rings. The molecule has 1 N–H and O–H groups in total. The molecule has 2 aromatic rings. The second-order valence-corrected chi connectivity index (χ2v) is 7.08. The van der Waals surface area contributed by atoms with Gasteiger partial charge in [0.2, 0.25) is 0 Å². The van der Waals surface area contributed by atoms with E-state index in [9.17, 15) is 0 Å². The van der Waals surface area contributed by atoms with Gasteiger partial charge in [0, 0.05) is 22.8 Å². The minimum Gasteiger partial charge on any atom is -0.390 e. The van der Waals surface area contributed by atoms with E-state index in [1.807, 2.05) is 65.2 Å². The Bertz CT molecular complexity index is 865. The Hall–Kier alpha value is -2.06. The molecule has 1 aromatic heterocycles. The summed E-state index contributed by atoms with van der Waals surface area (Å²) < 4.78 is 2.83. The number of benzene rings is 1. The van der Waals surface area contributed by atoms with Gasteiger partial charge in [-0.25, -0.2) is 0 Å². The quantitative estimate of drug-likeness (QED) is 0.437. The van der Waals surface area contributed by atoms with Gasteiger partial charge in [0.05, 0.1) is 4.53 Å². The van der Waals surface area contributed by atoms with Crippen molar-refractivity contribution in [2.45, 2.75) is 60.8 Å². The summed E-state index contributed by atoms with van der Waals surface area (Å²) in [5.74, 6) is 0. The first-order valence-corrected chi connectivity index (χ1v) is 11.2. The lowest BCUT2D eigenvalue weighted by Crippen LogP contribution is -2.29. The number of thiophene rings is 1. The van der Waals surface area contributed by atoms with Crippen molar-refractivity contribution in [3.8, 4) is 0 Å². The molecule has 28 heavy (non-hydrogen) atoms. The molecule has 0 saturated carbocycles. The van der Waals surface area contributed by atoms with E-state index < -0.39 is 0 Å². The third kappa shape index (κ3) is 8.31. The normalized spacial score (nSPS) is 12.4. The number of hydrogen-bond acceptors (Lipinski definition) is 2. The van der Waals surface area contributed by atoms with Gasteiger partial charge in [-0.3, -0.25) is 0 Å². The highest BCUT2D eigenvalue weighted by molar-refractivity contribution is 7.17. The largest absolute Gasteiger partial charge is 0.390 e. The Morgan fingerprint density at radius 3 is 2.36 bits per heavy atom. The summed E-state index contributed by atoms with van der Waals surface area (Å²) >= 11 is 1.90. The van der Waals surface area contributed by atoms with E-state index >= 15 is 0 Å². The molecule has 1 aliphatic carbocycles. The van der Waals surface area contributed by atoms with E-state index in [1.54, 1.807) is 0 Å². The first kappa shape index (κ1) is 25.9. The highest BCUT2D eigenvalue weighted by Gasteiger charge is 2.07. The molecule has 0 unspecified atom stereocenters. The molecule has 0 amide bonds. The first-order chi connectivity index (χ1) is 13.6. The van der Waals surface area contributed by atoms with Crippen LogP contribution in [-0.2, 0) is 0 Å². The van der Waals surface area contributed by atoms with Crippen LogP contribution in [0.4, 0.5) is 0 Å². The molecule has 1 heterocycles. The van der Waals surface area contributed by atoms with Crippen molar-refractivity contribution in [3.63, 3.8) is 0 Å². The van der Waals surface area contributed by atoms with Crippen LogP contribution >= 0.6 is 11.3 Å². The Morgan fingerprint density at radius 1 is 1.21 bits per heavy atom. The minimum atomic E-state index is 1.15. The summed E-state index contributed by atoms with van der Waals surface area (Å²) in [6.07, 6.45) is 13.9. The van der Waals surface area contributed by atoms with Gasteiger partial charge in [-0.2, -0.15) is 0 Å². The van der Waals surface area contributed by atoms with Crippen molar-refractivity contribution in [2.75, 3.05) is 7.05 Å². The summed E-state index contributed by atoms with van der Waals surface area (Å²) in [5.41, 5.74) is 2.63. The van der Waals surface area contributed by atoms with Crippen LogP contribution in [0.1, 0.15) is 60.8 Å². The molecule has 0 bridgehead atoms. The Kier molecular flexibility index (Phi) is 14.8. The molecule has 1 aliphatic rings. The maximum absolute atomic E-state index is 3.56. The topological polar surface area (TPSA) is 12.0 Å². The van der Waals surface area contributed by atoms with Gasteiger partial charge >= 0.3 is 0 Å². The summed E-state index contributed by atoms with van der Waals surface area (Å²) in [5, 5.41) is 6.17. The second-order valence-electron chi connectivity index (χ2n) is 6.03. The Morgan fingerprint density at radius 2 is 1.89 bits per heavy atom. The SMILES string of the molecule is C=C/C(C)=C\C.CC.CC=CCC.CNC1=c2sc3ccccc3c2=CCC1. The summed E-state index contributed by atoms with van der Waals surface area (Å²) in [6, 6.07) is 8.67. The molecular formula is C26H39NS. The van der Waals surface area contributed by atoms with Gasteiger partial charge < -0.3 is 5.32 Å². The molecule has 0 aliphatic heterocycles. The number of allylic oxidation sites excluding steroid dienone is 5. The lowest BCUT2D eigenvalue weighted by Gasteiger charge is -2.06. The van der Waals surface area contributed by atoms with Gasteiger partial charge in [0.25, 0.3) is 0 Å². The second kappa shape index (κ2) is 15.9. The number of nitrogens with one attached hydrogen (secondary N) is 1. The fourth-order valence-corrected chi connectivity index (χ4v) is 3.84. The number of fused-ring (bicyclic) bond motifs is 3. The molecule has 0 spiro atoms. The predicted molar refractivity (Wildman–Crippen MR) is 133 cm³/mol. The smallest absolute Gasteiger partial charge is 0.0541 e. The standard InChI is InChI=1S/C13H13NS.C6H10.C5H10.C2H6/c1-14-11-7-4-6-10-9-5-2-3-8-12(9)15-13(10)11;1-4-6(3)5-2;1-3-5-4-2;1-2/h2-3,5-6,8,14H,4,7H2,1H3;4-5H,1H2,2-3H3;3,5H,4H2,1-2H3;1-2H3/b;6-5-;;. The van der Waals surface area contributed by atoms with Crippen LogP contribution in [0.5, 0.6) is 0 Å². The molecule has 0 atom stereocenters. The minimum absolute atomic E-state index is 1.15. The average molecular weight is 398 g/mol. The lowest BCUT2D eigenvalue weighted by molar-refractivity contribution is 0.965. The van der Waals surface area contributed by atoms with Crippen LogP contribution in [0.15, 0.2) is 60.7 Å². The van der Waals surface area contributed by atoms with Crippen molar-refractivity contribution >= 4 is 33.2 Å². The highest BCUT2D eigenvalue weighted by atomic mass is 32.1. The van der Waals surface area contributed by atoms with Crippen molar-refractivity contribution in [2.24, 2.45) is 0 Å². The van der Waals surface area contributed by atoms with Crippen LogP contribution in [0.2, 0.25) is 0 Å². The van der Waals surface area contributed by atoms with E-state index in [-0.39, 0.29) is 0 Å². The van der Waals surface area contributed by atoms with Gasteiger partial charge in [-0.05, 0) is 51.3 Å². The maximum atomic E-state index is 3.56. The van der Waals surface area contributed by atoms with E-state index in [1.165, 1.54) is 31.1 Å². The number of hydrogen-bond donors (Lipinski definition) is 1.